The summed E-state index contributed by atoms with van der Waals surface area (Å²) in [5, 5.41) is 8.11. The molecule has 0 aliphatic heterocycles. The molecule has 1 aliphatic carbocycles. The summed E-state index contributed by atoms with van der Waals surface area (Å²) >= 11 is 0. The van der Waals surface area contributed by atoms with Gasteiger partial charge >= 0.3 is 0 Å². The van der Waals surface area contributed by atoms with Crippen molar-refractivity contribution in [1.82, 2.24) is 15.1 Å². The zero-order chi connectivity index (χ0) is 13.4. The van der Waals surface area contributed by atoms with E-state index in [9.17, 15) is 0 Å². The minimum absolute atomic E-state index is 0.739. The molecule has 0 saturated heterocycles. The molecule has 1 heterocycles. The molecule has 0 spiro atoms. The molecule has 1 aliphatic rings. The van der Waals surface area contributed by atoms with Gasteiger partial charge < -0.3 is 5.32 Å². The Kier molecular flexibility index (Phi) is 3.15. The maximum Gasteiger partial charge on any atom is 0.0680 e. The first kappa shape index (κ1) is 12.4. The van der Waals surface area contributed by atoms with Gasteiger partial charge in [-0.05, 0) is 50.8 Å². The second-order valence-electron chi connectivity index (χ2n) is 5.54. The van der Waals surface area contributed by atoms with Gasteiger partial charge in [0.25, 0.3) is 0 Å². The highest BCUT2D eigenvalue weighted by molar-refractivity contribution is 5.45. The van der Waals surface area contributed by atoms with Crippen LogP contribution in [0.3, 0.4) is 0 Å². The van der Waals surface area contributed by atoms with Gasteiger partial charge in [0.05, 0.1) is 11.9 Å². The van der Waals surface area contributed by atoms with E-state index in [0.717, 1.165) is 12.6 Å². The molecule has 3 rings (SSSR count). The van der Waals surface area contributed by atoms with E-state index >= 15 is 0 Å². The lowest BCUT2D eigenvalue weighted by Gasteiger charge is -2.11. The Bertz CT molecular complexity index is 594. The summed E-state index contributed by atoms with van der Waals surface area (Å²) in [7, 11) is 0. The Morgan fingerprint density at radius 3 is 2.79 bits per heavy atom. The molecule has 19 heavy (non-hydrogen) atoms. The summed E-state index contributed by atoms with van der Waals surface area (Å²) in [6.45, 7) is 7.39. The third kappa shape index (κ3) is 2.43. The van der Waals surface area contributed by atoms with E-state index in [2.05, 4.69) is 54.1 Å². The molecule has 1 fully saturated rings. The van der Waals surface area contributed by atoms with E-state index in [1.165, 1.54) is 40.9 Å². The normalized spacial score (nSPS) is 14.9. The second kappa shape index (κ2) is 4.82. The van der Waals surface area contributed by atoms with Gasteiger partial charge in [-0.2, -0.15) is 5.10 Å². The highest BCUT2D eigenvalue weighted by Crippen LogP contribution is 2.22. The van der Waals surface area contributed by atoms with Crippen LogP contribution in [0, 0.1) is 20.8 Å². The van der Waals surface area contributed by atoms with Crippen LogP contribution in [0.15, 0.2) is 24.4 Å². The van der Waals surface area contributed by atoms with E-state index in [4.69, 9.17) is 0 Å². The highest BCUT2D eigenvalue weighted by atomic mass is 15.3. The molecule has 1 aromatic heterocycles. The molecule has 3 heteroatoms. The highest BCUT2D eigenvalue weighted by Gasteiger charge is 2.21. The summed E-state index contributed by atoms with van der Waals surface area (Å²) in [4.78, 5) is 0. The fraction of sp³-hybridized carbons (Fsp3) is 0.438. The van der Waals surface area contributed by atoms with Crippen LogP contribution in [0.4, 0.5) is 0 Å². The molecule has 1 aromatic carbocycles. The number of aromatic nitrogens is 2. The predicted molar refractivity (Wildman–Crippen MR) is 77.6 cm³/mol. The van der Waals surface area contributed by atoms with Gasteiger partial charge in [-0.3, -0.25) is 0 Å². The Balaban J connectivity index is 1.89. The first-order valence-electron chi connectivity index (χ1n) is 7.00. The average molecular weight is 255 g/mol. The number of benzene rings is 1. The van der Waals surface area contributed by atoms with Crippen molar-refractivity contribution in [3.8, 4) is 5.69 Å². The van der Waals surface area contributed by atoms with Crippen molar-refractivity contribution in [1.29, 1.82) is 0 Å². The first-order chi connectivity index (χ1) is 9.16. The number of nitrogens with zero attached hydrogens (tertiary/aromatic N) is 2. The zero-order valence-corrected chi connectivity index (χ0v) is 11.9. The lowest BCUT2D eigenvalue weighted by Crippen LogP contribution is -2.15. The maximum absolute atomic E-state index is 4.56. The van der Waals surface area contributed by atoms with Crippen molar-refractivity contribution in [2.45, 2.75) is 46.2 Å². The molecular weight excluding hydrogens is 234 g/mol. The fourth-order valence-electron chi connectivity index (χ4n) is 2.37. The monoisotopic (exact) mass is 255 g/mol. The Labute approximate surface area is 114 Å². The SMILES string of the molecule is Cc1cccc(-n2ncc(CNC3CC3)c2C)c1C. The Hall–Kier alpha value is -1.61. The second-order valence-corrected chi connectivity index (χ2v) is 5.54. The number of aryl methyl sites for hydroxylation is 1. The predicted octanol–water partition coefficient (Wildman–Crippen LogP) is 3.05. The van der Waals surface area contributed by atoms with Crippen molar-refractivity contribution in [3.05, 3.63) is 46.8 Å². The van der Waals surface area contributed by atoms with E-state index in [-0.39, 0.29) is 0 Å². The third-order valence-electron chi connectivity index (χ3n) is 4.07. The Morgan fingerprint density at radius 1 is 1.26 bits per heavy atom. The Morgan fingerprint density at radius 2 is 2.05 bits per heavy atom. The summed E-state index contributed by atoms with van der Waals surface area (Å²) < 4.78 is 2.06. The van der Waals surface area contributed by atoms with Gasteiger partial charge in [0.15, 0.2) is 0 Å². The van der Waals surface area contributed by atoms with Crippen LogP contribution in [-0.2, 0) is 6.54 Å². The summed E-state index contributed by atoms with van der Waals surface area (Å²) in [5.74, 6) is 0. The average Bonchev–Trinajstić information content (AvgIpc) is 3.15. The van der Waals surface area contributed by atoms with Crippen LogP contribution in [0.25, 0.3) is 5.69 Å². The van der Waals surface area contributed by atoms with Crippen LogP contribution in [-0.4, -0.2) is 15.8 Å². The molecule has 100 valence electrons. The van der Waals surface area contributed by atoms with E-state index < -0.39 is 0 Å². The minimum Gasteiger partial charge on any atom is -0.310 e. The maximum atomic E-state index is 4.56. The molecule has 1 saturated carbocycles. The summed E-state index contributed by atoms with van der Waals surface area (Å²) in [5.41, 5.74) is 6.34. The van der Waals surface area contributed by atoms with Crippen molar-refractivity contribution in [2.75, 3.05) is 0 Å². The van der Waals surface area contributed by atoms with E-state index in [1.807, 2.05) is 6.20 Å². The third-order valence-corrected chi connectivity index (χ3v) is 4.07. The van der Waals surface area contributed by atoms with Gasteiger partial charge in [0.2, 0.25) is 0 Å². The van der Waals surface area contributed by atoms with Crippen LogP contribution in [0.1, 0.15) is 35.2 Å². The smallest absolute Gasteiger partial charge is 0.0680 e. The number of rotatable bonds is 4. The number of hydrogen-bond donors (Lipinski definition) is 1. The van der Waals surface area contributed by atoms with Gasteiger partial charge in [-0.25, -0.2) is 4.68 Å². The number of nitrogens with one attached hydrogen (secondary N) is 1. The minimum atomic E-state index is 0.739. The largest absolute Gasteiger partial charge is 0.310 e. The number of hydrogen-bond acceptors (Lipinski definition) is 2. The molecule has 1 N–H and O–H groups in total. The van der Waals surface area contributed by atoms with Crippen LogP contribution >= 0.6 is 0 Å². The summed E-state index contributed by atoms with van der Waals surface area (Å²) in [6, 6.07) is 7.12. The van der Waals surface area contributed by atoms with Crippen molar-refractivity contribution >= 4 is 0 Å². The molecule has 0 bridgehead atoms. The van der Waals surface area contributed by atoms with E-state index in [1.54, 1.807) is 0 Å². The standard InChI is InChI=1S/C16H21N3/c1-11-5-4-6-16(12(11)2)19-13(3)14(10-18-19)9-17-15-7-8-15/h4-6,10,15,17H,7-9H2,1-3H3. The molecule has 3 nitrogen and oxygen atoms in total. The fourth-order valence-corrected chi connectivity index (χ4v) is 2.37. The summed E-state index contributed by atoms with van der Waals surface area (Å²) in [6.07, 6.45) is 4.64. The molecule has 0 atom stereocenters. The van der Waals surface area contributed by atoms with Gasteiger partial charge in [-0.15, -0.1) is 0 Å². The van der Waals surface area contributed by atoms with E-state index in [0.29, 0.717) is 0 Å². The van der Waals surface area contributed by atoms with Crippen LogP contribution in [0.2, 0.25) is 0 Å². The first-order valence-corrected chi connectivity index (χ1v) is 7.00. The molecule has 0 amide bonds. The molecule has 2 aromatic rings. The van der Waals surface area contributed by atoms with Crippen LogP contribution < -0.4 is 5.32 Å². The quantitative estimate of drug-likeness (QED) is 0.910. The lowest BCUT2D eigenvalue weighted by atomic mass is 10.1. The zero-order valence-electron chi connectivity index (χ0n) is 11.9. The van der Waals surface area contributed by atoms with Gasteiger partial charge in [-0.1, -0.05) is 12.1 Å². The molecular formula is C16H21N3. The van der Waals surface area contributed by atoms with Crippen molar-refractivity contribution in [3.63, 3.8) is 0 Å². The van der Waals surface area contributed by atoms with Gasteiger partial charge in [0, 0.05) is 23.8 Å². The van der Waals surface area contributed by atoms with Gasteiger partial charge in [0.1, 0.15) is 0 Å². The lowest BCUT2D eigenvalue weighted by molar-refractivity contribution is 0.684. The molecule has 0 radical (unpaired) electrons. The topological polar surface area (TPSA) is 29.9 Å². The van der Waals surface area contributed by atoms with Crippen molar-refractivity contribution < 1.29 is 0 Å². The molecule has 0 unspecified atom stereocenters. The van der Waals surface area contributed by atoms with Crippen LogP contribution in [0.5, 0.6) is 0 Å². The van der Waals surface area contributed by atoms with Crippen molar-refractivity contribution in [2.24, 2.45) is 0 Å².